The van der Waals surface area contributed by atoms with Crippen molar-refractivity contribution in [2.24, 2.45) is 16.7 Å². The Labute approximate surface area is 692 Å². The first-order chi connectivity index (χ1) is 49.1. The van der Waals surface area contributed by atoms with Gasteiger partial charge in [-0.25, -0.2) is 0 Å². The first kappa shape index (κ1) is 106. The zero-order valence-corrected chi connectivity index (χ0v) is 86.6. The molecule has 0 heterocycles. The topological polar surface area (TPSA) is 138 Å². The SMILES string of the molecule is CCCSS[S+](SCCC1CCCC(CCS[S+](SSCCC)[Si](OCC)(OCC)OCC)(CCS[S+](SSCCC)[Si](OCC)(OCC)OCC)C1(CCS[S+](SSCCC)[Si](OCC)(OCC)OCC)CCS[S+](SSCCC)[Si](OCC)(OCC)OCC)[Si](OCC)(OCC)OCC. The second kappa shape index (κ2) is 66.4. The Hall–Kier alpha value is 7.48. The zero-order valence-electron chi connectivity index (χ0n) is 65.2. The molecule has 1 rings (SSSR count). The lowest BCUT2D eigenvalue weighted by atomic mass is 9.47. The quantitative estimate of drug-likeness (QED) is 0.0247. The number of hydrogen-bond acceptors (Lipinski definition) is 30. The molecule has 1 aliphatic carbocycles. The predicted octanol–water partition coefficient (Wildman–Crippen LogP) is 23.3. The second-order valence-electron chi connectivity index (χ2n) is 21.5. The predicted molar refractivity (Wildman–Crippen MR) is 499 cm³/mol. The molecule has 0 aromatic carbocycles. The molecule has 0 bridgehead atoms. The molecule has 6 atom stereocenters. The molecule has 606 valence electrons. The van der Waals surface area contributed by atoms with Crippen LogP contribution in [0.25, 0.3) is 0 Å². The summed E-state index contributed by atoms with van der Waals surface area (Å²) in [5.41, 5.74) is -0.319. The summed E-state index contributed by atoms with van der Waals surface area (Å²) in [4.78, 5) is 0. The summed E-state index contributed by atoms with van der Waals surface area (Å²) in [6.07, 6.45) is 14.0. The molecule has 15 nitrogen and oxygen atoms in total. The lowest BCUT2D eigenvalue weighted by molar-refractivity contribution is -0.0771. The molecule has 101 heavy (non-hydrogen) atoms. The first-order valence-electron chi connectivity index (χ1n) is 37.1. The van der Waals surface area contributed by atoms with E-state index >= 15 is 0 Å². The second-order valence-corrected chi connectivity index (χ2v) is 91.2. The van der Waals surface area contributed by atoms with E-state index in [2.05, 4.69) is 192 Å². The van der Waals surface area contributed by atoms with Crippen LogP contribution >= 0.6 is 157 Å². The van der Waals surface area contributed by atoms with Crippen LogP contribution in [-0.4, -0.2) is 196 Å². The van der Waals surface area contributed by atoms with Crippen LogP contribution in [0.3, 0.4) is 0 Å². The normalized spacial score (nSPS) is 19.0. The van der Waals surface area contributed by atoms with E-state index in [0.717, 1.165) is 141 Å². The molecule has 0 radical (unpaired) electrons. The van der Waals surface area contributed by atoms with Crippen molar-refractivity contribution >= 4 is 239 Å². The summed E-state index contributed by atoms with van der Waals surface area (Å²) in [7, 11) is 11.8. The highest BCUT2D eigenvalue weighted by Gasteiger charge is 2.72. The molecule has 1 fully saturated rings. The van der Waals surface area contributed by atoms with E-state index in [1.165, 1.54) is 0 Å². The largest absolute Gasteiger partial charge is 0.808 e. The van der Waals surface area contributed by atoms with Gasteiger partial charge < -0.3 is 66.4 Å². The molecule has 0 N–H and O–H groups in total. The van der Waals surface area contributed by atoms with Crippen molar-refractivity contribution in [3.63, 3.8) is 0 Å². The summed E-state index contributed by atoms with van der Waals surface area (Å²) in [6.45, 7) is 51.0. The minimum Gasteiger partial charge on any atom is -0.331 e. The minimum absolute atomic E-state index is 0.143. The highest BCUT2D eigenvalue weighted by Crippen LogP contribution is 2.66. The van der Waals surface area contributed by atoms with Crippen LogP contribution in [0.5, 0.6) is 0 Å². The van der Waals surface area contributed by atoms with Crippen molar-refractivity contribution in [3.8, 4) is 0 Å². The van der Waals surface area contributed by atoms with Gasteiger partial charge in [0.25, 0.3) is 0 Å². The maximum Gasteiger partial charge on any atom is 0.808 e. The number of hydrogen-bond donors (Lipinski definition) is 0. The monoisotopic (exact) mass is 1890 g/mol. The van der Waals surface area contributed by atoms with Crippen molar-refractivity contribution in [1.82, 2.24) is 0 Å². The van der Waals surface area contributed by atoms with Crippen molar-refractivity contribution in [3.05, 3.63) is 0 Å². The molecule has 0 aromatic rings. The third kappa shape index (κ3) is 37.5. The molecule has 1 aliphatic rings. The Morgan fingerprint density at radius 2 is 0.465 bits per heavy atom. The highest BCUT2D eigenvalue weighted by molar-refractivity contribution is 9.31. The fourth-order valence-corrected chi connectivity index (χ4v) is 114. The van der Waals surface area contributed by atoms with E-state index in [1.54, 1.807) is 0 Å². The Morgan fingerprint density at radius 1 is 0.267 bits per heavy atom. The fraction of sp³-hybridized carbons (Fsp3) is 1.00. The van der Waals surface area contributed by atoms with Gasteiger partial charge in [-0.3, -0.25) is 0 Å². The average Bonchev–Trinajstić information content (AvgIpc) is 0.734. The van der Waals surface area contributed by atoms with E-state index in [9.17, 15) is 0 Å². The van der Waals surface area contributed by atoms with Gasteiger partial charge in [0.15, 0.2) is 91.2 Å². The molecule has 40 heteroatoms. The third-order valence-electron chi connectivity index (χ3n) is 14.5. The van der Waals surface area contributed by atoms with Crippen LogP contribution in [0.1, 0.15) is 222 Å². The lowest BCUT2D eigenvalue weighted by Crippen LogP contribution is -2.54. The maximum absolute atomic E-state index is 6.94. The molecule has 0 aliphatic heterocycles. The zero-order chi connectivity index (χ0) is 75.0. The van der Waals surface area contributed by atoms with Gasteiger partial charge in [0.2, 0.25) is 0 Å². The molecule has 1 saturated carbocycles. The van der Waals surface area contributed by atoms with Gasteiger partial charge in [-0.2, -0.15) is 0 Å². The van der Waals surface area contributed by atoms with E-state index in [4.69, 9.17) is 66.4 Å². The van der Waals surface area contributed by atoms with Crippen molar-refractivity contribution < 1.29 is 66.4 Å². The van der Waals surface area contributed by atoms with Crippen LogP contribution in [0.2, 0.25) is 0 Å². The van der Waals surface area contributed by atoms with Gasteiger partial charge in [-0.1, -0.05) is 41.0 Å². The summed E-state index contributed by atoms with van der Waals surface area (Å²) < 4.78 is 104. The van der Waals surface area contributed by atoms with Crippen molar-refractivity contribution in [2.45, 2.75) is 222 Å². The molecule has 6 unspecified atom stereocenters. The Bertz CT molecular complexity index is 1750. The van der Waals surface area contributed by atoms with Gasteiger partial charge in [0.1, 0.15) is 0 Å². The van der Waals surface area contributed by atoms with Crippen LogP contribution in [0.4, 0.5) is 0 Å². The van der Waals surface area contributed by atoms with Gasteiger partial charge in [0, 0.05) is 157 Å². The van der Waals surface area contributed by atoms with Crippen LogP contribution in [-0.2, 0) is 108 Å². The summed E-state index contributed by atoms with van der Waals surface area (Å²) in [5, 5.41) is 0. The van der Waals surface area contributed by atoms with Crippen LogP contribution in [0, 0.1) is 16.7 Å². The molecular formula is C61H137O15S20Si5+5. The van der Waals surface area contributed by atoms with Gasteiger partial charge in [0.05, 0.1) is 54.0 Å². The van der Waals surface area contributed by atoms with E-state index in [1.807, 2.05) is 103 Å². The Kier molecular flexibility index (Phi) is 70.0. The summed E-state index contributed by atoms with van der Waals surface area (Å²) in [5.74, 6) is 10.3. The van der Waals surface area contributed by atoms with Gasteiger partial charge in [-0.15, -0.1) is 0 Å². The average molecular weight is 1890 g/mol. The number of rotatable bonds is 75. The Balaban J connectivity index is 5.12. The highest BCUT2D eigenvalue weighted by atomic mass is 33.8. The summed E-state index contributed by atoms with van der Waals surface area (Å²) in [6, 6.07) is 0. The van der Waals surface area contributed by atoms with Gasteiger partial charge >= 0.3 is 39.8 Å². The smallest absolute Gasteiger partial charge is 0.331 e. The van der Waals surface area contributed by atoms with Crippen molar-refractivity contribution in [1.29, 1.82) is 0 Å². The van der Waals surface area contributed by atoms with Crippen molar-refractivity contribution in [2.75, 3.05) is 157 Å². The maximum atomic E-state index is 6.94. The van der Waals surface area contributed by atoms with E-state index in [-0.39, 0.29) is 10.8 Å². The fourth-order valence-electron chi connectivity index (χ4n) is 11.0. The Morgan fingerprint density at radius 3 is 0.663 bits per heavy atom. The van der Waals surface area contributed by atoms with Crippen LogP contribution < -0.4 is 0 Å². The van der Waals surface area contributed by atoms with E-state index in [0.29, 0.717) is 105 Å². The third-order valence-corrected chi connectivity index (χ3v) is 111. The standard InChI is InChI=1S/C61H137O15S20Si5/c1-21-49-77-87-92(97(62-26-6,63-27-7)64-28-8)82-54-43-59-42-41-44-60(45-55-83-93(88-78-50-22-2)98(65-29-9,66-30-10)67-31-11,46-56-84-94(89-79-51-23-3)99(68-32-12,69-33-13)70-34-14)61(59,47-57-85-95(90-80-52-24-4)100(71-35-15,72-36-16)73-37-17)48-58-86-96(91-81-53-25-5)101(74-38-18,75-39-19)76-40-20/h59H,21-58H2,1-20H3/q+5. The molecule has 0 aromatic heterocycles. The molecule has 0 spiro atoms. The minimum atomic E-state index is -3.23. The molecule has 0 amide bonds. The van der Waals surface area contributed by atoms with Crippen LogP contribution in [0.15, 0.2) is 0 Å². The molecule has 0 saturated heterocycles. The lowest BCUT2D eigenvalue weighted by Gasteiger charge is -2.59. The van der Waals surface area contributed by atoms with E-state index < -0.39 is 81.8 Å². The molecular weight excluding hydrogens is 1750 g/mol. The summed E-state index contributed by atoms with van der Waals surface area (Å²) >= 11 is 0. The first-order valence-corrected chi connectivity index (χ1v) is 77.1. The van der Waals surface area contributed by atoms with Gasteiger partial charge in [-0.05, 0) is 252 Å².